The maximum atomic E-state index is 11.5. The van der Waals surface area contributed by atoms with E-state index in [1.54, 1.807) is 6.07 Å². The van der Waals surface area contributed by atoms with Gasteiger partial charge in [-0.2, -0.15) is 0 Å². The van der Waals surface area contributed by atoms with E-state index in [9.17, 15) is 4.79 Å². The number of alkyl halides is 1. The van der Waals surface area contributed by atoms with Crippen LogP contribution in [0.4, 0.5) is 0 Å². The first-order valence-corrected chi connectivity index (χ1v) is 5.01. The number of benzene rings is 1. The minimum atomic E-state index is -0.0389. The number of halogens is 1. The largest absolute Gasteiger partial charge is 0.392 e. The molecular formula is C11H13ClO2. The molecule has 0 unspecified atom stereocenters. The van der Waals surface area contributed by atoms with Crippen molar-refractivity contribution in [2.75, 3.05) is 5.88 Å². The molecule has 0 heterocycles. The second kappa shape index (κ2) is 5.13. The van der Waals surface area contributed by atoms with E-state index in [1.807, 2.05) is 19.1 Å². The summed E-state index contributed by atoms with van der Waals surface area (Å²) in [6.07, 6.45) is 0.343. The summed E-state index contributed by atoms with van der Waals surface area (Å²) in [6, 6.07) is 5.38. The van der Waals surface area contributed by atoms with E-state index in [0.717, 1.165) is 11.1 Å². The molecule has 0 aromatic heterocycles. The van der Waals surface area contributed by atoms with E-state index < -0.39 is 0 Å². The summed E-state index contributed by atoms with van der Waals surface area (Å²) in [7, 11) is 0. The minimum absolute atomic E-state index is 0.0263. The lowest BCUT2D eigenvalue weighted by molar-refractivity contribution is 0.0989. The molecule has 0 aliphatic heterocycles. The van der Waals surface area contributed by atoms with Gasteiger partial charge in [0, 0.05) is 17.9 Å². The van der Waals surface area contributed by atoms with Crippen molar-refractivity contribution in [1.29, 1.82) is 0 Å². The van der Waals surface area contributed by atoms with Crippen molar-refractivity contribution in [2.24, 2.45) is 0 Å². The number of aryl methyl sites for hydroxylation is 1. The number of carbonyl (C=O) groups excluding carboxylic acids is 1. The summed E-state index contributed by atoms with van der Waals surface area (Å²) in [5.41, 5.74) is 2.38. The molecule has 1 rings (SSSR count). The normalized spacial score (nSPS) is 10.2. The zero-order valence-electron chi connectivity index (χ0n) is 8.09. The van der Waals surface area contributed by atoms with Gasteiger partial charge in [0.05, 0.1) is 6.61 Å². The van der Waals surface area contributed by atoms with Crippen LogP contribution in [0.25, 0.3) is 0 Å². The van der Waals surface area contributed by atoms with Crippen molar-refractivity contribution in [1.82, 2.24) is 0 Å². The van der Waals surface area contributed by atoms with E-state index in [-0.39, 0.29) is 12.4 Å². The van der Waals surface area contributed by atoms with Gasteiger partial charge in [0.25, 0.3) is 0 Å². The molecule has 0 saturated carbocycles. The summed E-state index contributed by atoms with van der Waals surface area (Å²) in [4.78, 5) is 11.5. The highest BCUT2D eigenvalue weighted by Gasteiger charge is 2.06. The first kappa shape index (κ1) is 11.2. The molecule has 0 aliphatic carbocycles. The number of aliphatic hydroxyl groups excluding tert-OH is 1. The zero-order chi connectivity index (χ0) is 10.6. The van der Waals surface area contributed by atoms with Gasteiger partial charge >= 0.3 is 0 Å². The molecule has 2 nitrogen and oxygen atoms in total. The van der Waals surface area contributed by atoms with Crippen molar-refractivity contribution in [2.45, 2.75) is 20.0 Å². The van der Waals surface area contributed by atoms with Crippen molar-refractivity contribution in [3.05, 3.63) is 34.9 Å². The summed E-state index contributed by atoms with van der Waals surface area (Å²) in [5, 5.41) is 8.96. The third kappa shape index (κ3) is 2.82. The number of ketones is 1. The van der Waals surface area contributed by atoms with Gasteiger partial charge in [-0.3, -0.25) is 4.79 Å². The molecule has 0 aliphatic rings. The fourth-order valence-corrected chi connectivity index (χ4v) is 1.52. The van der Waals surface area contributed by atoms with Gasteiger partial charge < -0.3 is 5.11 Å². The van der Waals surface area contributed by atoms with Crippen LogP contribution in [-0.4, -0.2) is 16.8 Å². The Labute approximate surface area is 88.5 Å². The van der Waals surface area contributed by atoms with Gasteiger partial charge in [0.1, 0.15) is 0 Å². The zero-order valence-corrected chi connectivity index (χ0v) is 8.84. The quantitative estimate of drug-likeness (QED) is 0.614. The molecule has 3 heteroatoms. The lowest BCUT2D eigenvalue weighted by Gasteiger charge is -2.04. The van der Waals surface area contributed by atoms with Crippen LogP contribution < -0.4 is 0 Å². The van der Waals surface area contributed by atoms with Gasteiger partial charge in [0.2, 0.25) is 0 Å². The molecule has 0 radical (unpaired) electrons. The van der Waals surface area contributed by atoms with Crippen LogP contribution in [0, 0.1) is 6.92 Å². The second-order valence-corrected chi connectivity index (χ2v) is 3.61. The number of hydrogen-bond acceptors (Lipinski definition) is 2. The van der Waals surface area contributed by atoms with E-state index in [2.05, 4.69) is 0 Å². The molecule has 0 fully saturated rings. The Balaban J connectivity index is 2.96. The van der Waals surface area contributed by atoms with Gasteiger partial charge in [-0.15, -0.1) is 11.6 Å². The summed E-state index contributed by atoms with van der Waals surface area (Å²) in [5.74, 6) is 0.361. The third-order valence-electron chi connectivity index (χ3n) is 1.96. The molecule has 14 heavy (non-hydrogen) atoms. The van der Waals surface area contributed by atoms with Gasteiger partial charge in [-0.1, -0.05) is 11.6 Å². The highest BCUT2D eigenvalue weighted by Crippen LogP contribution is 2.12. The van der Waals surface area contributed by atoms with Gasteiger partial charge in [0.15, 0.2) is 5.78 Å². The topological polar surface area (TPSA) is 37.3 Å². The lowest BCUT2D eigenvalue weighted by atomic mass is 10.0. The predicted octanol–water partition coefficient (Wildman–Crippen LogP) is 2.30. The van der Waals surface area contributed by atoms with Crippen molar-refractivity contribution < 1.29 is 9.90 Å². The van der Waals surface area contributed by atoms with Crippen molar-refractivity contribution in [3.63, 3.8) is 0 Å². The van der Waals surface area contributed by atoms with E-state index >= 15 is 0 Å². The predicted molar refractivity (Wildman–Crippen MR) is 56.8 cm³/mol. The fraction of sp³-hybridized carbons (Fsp3) is 0.364. The summed E-state index contributed by atoms with van der Waals surface area (Å²) in [6.45, 7) is 1.86. The minimum Gasteiger partial charge on any atom is -0.392 e. The van der Waals surface area contributed by atoms with Crippen molar-refractivity contribution >= 4 is 17.4 Å². The Morgan fingerprint density at radius 2 is 2.14 bits per heavy atom. The second-order valence-electron chi connectivity index (χ2n) is 3.23. The Hall–Kier alpha value is -0.860. The monoisotopic (exact) mass is 212 g/mol. The molecule has 1 aromatic carbocycles. The number of Topliss-reactive ketones (excluding diaryl/α,β-unsaturated/α-hetero) is 1. The van der Waals surface area contributed by atoms with E-state index in [0.29, 0.717) is 17.9 Å². The van der Waals surface area contributed by atoms with E-state index in [1.165, 1.54) is 0 Å². The molecule has 76 valence electrons. The molecule has 0 saturated heterocycles. The van der Waals surface area contributed by atoms with Crippen LogP contribution in [0.5, 0.6) is 0 Å². The van der Waals surface area contributed by atoms with Crippen LogP contribution in [0.3, 0.4) is 0 Å². The van der Waals surface area contributed by atoms with Crippen molar-refractivity contribution in [3.8, 4) is 0 Å². The Morgan fingerprint density at radius 3 is 2.71 bits per heavy atom. The summed E-state index contributed by atoms with van der Waals surface area (Å²) >= 11 is 5.49. The Bertz CT molecular complexity index is 334. The molecule has 1 aromatic rings. The van der Waals surface area contributed by atoms with Gasteiger partial charge in [-0.05, 0) is 24.6 Å². The fourth-order valence-electron chi connectivity index (χ4n) is 1.34. The Morgan fingerprint density at radius 1 is 1.43 bits per heavy atom. The molecule has 0 spiro atoms. The molecular weight excluding hydrogens is 200 g/mol. The van der Waals surface area contributed by atoms with Gasteiger partial charge in [-0.25, -0.2) is 0 Å². The number of carbonyl (C=O) groups is 1. The number of aliphatic hydroxyl groups is 1. The molecule has 1 N–H and O–H groups in total. The van der Waals surface area contributed by atoms with Crippen LogP contribution >= 0.6 is 11.6 Å². The van der Waals surface area contributed by atoms with Crippen LogP contribution in [0.2, 0.25) is 0 Å². The molecule has 0 amide bonds. The molecule has 0 atom stereocenters. The molecule has 0 bridgehead atoms. The number of hydrogen-bond donors (Lipinski definition) is 1. The van der Waals surface area contributed by atoms with Crippen LogP contribution in [0.1, 0.15) is 27.9 Å². The number of rotatable bonds is 4. The van der Waals surface area contributed by atoms with E-state index in [4.69, 9.17) is 16.7 Å². The first-order valence-electron chi connectivity index (χ1n) is 4.48. The van der Waals surface area contributed by atoms with Crippen LogP contribution in [0.15, 0.2) is 18.2 Å². The lowest BCUT2D eigenvalue weighted by Crippen LogP contribution is -2.01. The smallest absolute Gasteiger partial charge is 0.164 e. The summed E-state index contributed by atoms with van der Waals surface area (Å²) < 4.78 is 0. The maximum absolute atomic E-state index is 11.5. The first-order chi connectivity index (χ1) is 6.67. The Kier molecular flexibility index (Phi) is 4.11. The average Bonchev–Trinajstić information content (AvgIpc) is 2.17. The highest BCUT2D eigenvalue weighted by molar-refractivity contribution is 6.19. The third-order valence-corrected chi connectivity index (χ3v) is 2.15. The average molecular weight is 213 g/mol. The SMILES string of the molecule is Cc1cc(CO)cc(C(=O)CCCl)c1. The maximum Gasteiger partial charge on any atom is 0.164 e. The highest BCUT2D eigenvalue weighted by atomic mass is 35.5. The standard InChI is InChI=1S/C11H13ClO2/c1-8-4-9(7-13)6-10(5-8)11(14)2-3-12/h4-6,13H,2-3,7H2,1H3. The van der Waals surface area contributed by atoms with Crippen LogP contribution in [-0.2, 0) is 6.61 Å².